The summed E-state index contributed by atoms with van der Waals surface area (Å²) in [7, 11) is 1.64. The lowest BCUT2D eigenvalue weighted by molar-refractivity contribution is -0.139. The zero-order valence-corrected chi connectivity index (χ0v) is 31.6. The highest BCUT2D eigenvalue weighted by molar-refractivity contribution is 5.86. The Kier molecular flexibility index (Phi) is 12.0. The molecule has 0 aliphatic heterocycles. The molecule has 13 heteroatoms. The molecule has 6 rings (SSSR count). The first kappa shape index (κ1) is 39.0. The van der Waals surface area contributed by atoms with Crippen molar-refractivity contribution in [1.82, 2.24) is 30.6 Å². The first-order valence-electron chi connectivity index (χ1n) is 17.6. The highest BCUT2D eigenvalue weighted by Crippen LogP contribution is 2.30. The molecule has 0 saturated heterocycles. The number of aromatic amines is 3. The highest BCUT2D eigenvalue weighted by atomic mass is 16.6. The smallest absolute Gasteiger partial charge is 0.408 e. The van der Waals surface area contributed by atoms with Crippen molar-refractivity contribution < 1.29 is 33.7 Å². The van der Waals surface area contributed by atoms with Crippen molar-refractivity contribution in [1.29, 1.82) is 0 Å². The number of imidazole rings is 1. The van der Waals surface area contributed by atoms with Crippen molar-refractivity contribution in [2.45, 2.75) is 77.7 Å². The molecule has 284 valence electrons. The Labute approximate surface area is 313 Å². The predicted octanol–water partition coefficient (Wildman–Crippen LogP) is 8.06. The molecule has 3 aromatic heterocycles. The Morgan fingerprint density at radius 3 is 1.81 bits per heavy atom. The molecule has 0 unspecified atom stereocenters. The minimum Gasteiger partial charge on any atom is -0.496 e. The molecule has 3 heterocycles. The molecule has 2 amide bonds. The van der Waals surface area contributed by atoms with E-state index in [1.54, 1.807) is 40.3 Å². The van der Waals surface area contributed by atoms with Crippen LogP contribution in [0.4, 0.5) is 9.59 Å². The van der Waals surface area contributed by atoms with E-state index < -0.39 is 41.4 Å². The maximum absolute atomic E-state index is 12.6. The van der Waals surface area contributed by atoms with Gasteiger partial charge in [-0.2, -0.15) is 0 Å². The predicted molar refractivity (Wildman–Crippen MR) is 207 cm³/mol. The van der Waals surface area contributed by atoms with Crippen molar-refractivity contribution in [3.05, 3.63) is 108 Å². The molecule has 0 aliphatic carbocycles. The van der Waals surface area contributed by atoms with Gasteiger partial charge in [-0.1, -0.05) is 48.5 Å². The standard InChI is InChI=1S/C25H28N4O3.C16H20N2O4/c1-25(2,3)32-24(30)29-20(13-16-14-26-19-11-7-5-9-17(16)19)23-27-15-21(28-23)18-10-6-8-12-22(18)31-4;1-16(2,3)22-15(21)18-13(14(19)20)8-10-9-17-12-7-5-4-6-11(10)12/h5-12,14-15,20,26H,13H2,1-4H3,(H,27,28)(H,29,30);4-7,9,13,17H,8H2,1-3H3,(H,18,21)(H,19,20)/t20-;13-/m00/s1. The number of hydrogen-bond acceptors (Lipinski definition) is 7. The summed E-state index contributed by atoms with van der Waals surface area (Å²) in [6, 6.07) is 22.0. The van der Waals surface area contributed by atoms with E-state index in [4.69, 9.17) is 14.2 Å². The van der Waals surface area contributed by atoms with Crippen molar-refractivity contribution >= 4 is 40.0 Å². The third kappa shape index (κ3) is 10.4. The Bertz CT molecular complexity index is 2200. The number of amides is 2. The van der Waals surface area contributed by atoms with Crippen LogP contribution in [0.2, 0.25) is 0 Å². The quantitative estimate of drug-likeness (QED) is 0.0816. The molecule has 0 spiro atoms. The second-order valence-electron chi connectivity index (χ2n) is 14.7. The van der Waals surface area contributed by atoms with Crippen LogP contribution in [0.25, 0.3) is 33.1 Å². The van der Waals surface area contributed by atoms with E-state index in [0.29, 0.717) is 12.2 Å². The summed E-state index contributed by atoms with van der Waals surface area (Å²) < 4.78 is 16.1. The summed E-state index contributed by atoms with van der Waals surface area (Å²) >= 11 is 0. The number of H-pyrrole nitrogens is 3. The normalized spacial score (nSPS) is 12.6. The summed E-state index contributed by atoms with van der Waals surface area (Å²) in [6.07, 6.45) is 4.99. The van der Waals surface area contributed by atoms with Gasteiger partial charge in [0.2, 0.25) is 0 Å². The lowest BCUT2D eigenvalue weighted by Gasteiger charge is -2.23. The van der Waals surface area contributed by atoms with Crippen LogP contribution in [0.3, 0.4) is 0 Å². The van der Waals surface area contributed by atoms with Gasteiger partial charge in [-0.05, 0) is 76.9 Å². The Hall–Kier alpha value is -6.24. The average molecular weight is 737 g/mol. The number of nitrogens with one attached hydrogen (secondary N) is 5. The number of para-hydroxylation sites is 3. The molecule has 2 atom stereocenters. The monoisotopic (exact) mass is 736 g/mol. The molecule has 0 saturated carbocycles. The Balaban J connectivity index is 0.000000223. The fourth-order valence-electron chi connectivity index (χ4n) is 5.87. The number of carboxylic acid groups (broad SMARTS) is 1. The molecule has 0 radical (unpaired) electrons. The number of fused-ring (bicyclic) bond motifs is 2. The van der Waals surface area contributed by atoms with Crippen molar-refractivity contribution in [3.63, 3.8) is 0 Å². The van der Waals surface area contributed by atoms with Gasteiger partial charge in [-0.15, -0.1) is 0 Å². The molecule has 54 heavy (non-hydrogen) atoms. The molecule has 6 aromatic rings. The summed E-state index contributed by atoms with van der Waals surface area (Å²) in [6.45, 7) is 10.7. The Morgan fingerprint density at radius 1 is 0.741 bits per heavy atom. The molecular formula is C41H48N6O7. The van der Waals surface area contributed by atoms with E-state index in [9.17, 15) is 19.5 Å². The van der Waals surface area contributed by atoms with Crippen LogP contribution >= 0.6 is 0 Å². The van der Waals surface area contributed by atoms with Crippen LogP contribution < -0.4 is 15.4 Å². The fourth-order valence-corrected chi connectivity index (χ4v) is 5.87. The minimum absolute atomic E-state index is 0.179. The number of hydrogen-bond donors (Lipinski definition) is 6. The average Bonchev–Trinajstić information content (AvgIpc) is 3.86. The number of benzene rings is 3. The first-order valence-corrected chi connectivity index (χ1v) is 17.6. The number of aromatic nitrogens is 4. The lowest BCUT2D eigenvalue weighted by atomic mass is 10.0. The van der Waals surface area contributed by atoms with E-state index in [0.717, 1.165) is 49.9 Å². The van der Waals surface area contributed by atoms with E-state index in [-0.39, 0.29) is 6.42 Å². The number of methoxy groups -OCH3 is 1. The summed E-state index contributed by atoms with van der Waals surface area (Å²) in [5.41, 5.74) is 4.33. The largest absolute Gasteiger partial charge is 0.496 e. The van der Waals surface area contributed by atoms with Crippen molar-refractivity contribution in [3.8, 4) is 17.0 Å². The zero-order valence-electron chi connectivity index (χ0n) is 31.6. The SMILES string of the molecule is CC(C)(C)OC(=O)N[C@@H](Cc1c[nH]c2ccccc12)C(=O)O.COc1ccccc1-c1cnc([C@H](Cc2c[nH]c3ccccc23)NC(=O)OC(C)(C)C)[nH]1. The molecule has 0 bridgehead atoms. The highest BCUT2D eigenvalue weighted by Gasteiger charge is 2.26. The van der Waals surface area contributed by atoms with E-state index in [1.807, 2.05) is 93.7 Å². The summed E-state index contributed by atoms with van der Waals surface area (Å²) in [5.74, 6) is 0.286. The molecule has 13 nitrogen and oxygen atoms in total. The number of alkyl carbamates (subject to hydrolysis) is 2. The second-order valence-corrected chi connectivity index (χ2v) is 14.7. The minimum atomic E-state index is -1.10. The van der Waals surface area contributed by atoms with Gasteiger partial charge in [-0.3, -0.25) is 0 Å². The number of carbonyl (C=O) groups excluding carboxylic acids is 2. The van der Waals surface area contributed by atoms with Crippen molar-refractivity contribution in [2.24, 2.45) is 0 Å². The van der Waals surface area contributed by atoms with E-state index in [2.05, 4.69) is 36.6 Å². The van der Waals surface area contributed by atoms with Gasteiger partial charge in [0.05, 0.1) is 25.0 Å². The summed E-state index contributed by atoms with van der Waals surface area (Å²) in [4.78, 5) is 50.1. The zero-order chi connectivity index (χ0) is 39.0. The second kappa shape index (κ2) is 16.6. The van der Waals surface area contributed by atoms with Crippen LogP contribution in [0.5, 0.6) is 5.75 Å². The fraction of sp³-hybridized carbons (Fsp3) is 0.317. The van der Waals surface area contributed by atoms with Crippen LogP contribution in [0.15, 0.2) is 91.4 Å². The molecule has 6 N–H and O–H groups in total. The van der Waals surface area contributed by atoms with Gasteiger partial charge >= 0.3 is 18.2 Å². The molecule has 0 fully saturated rings. The first-order chi connectivity index (χ1) is 25.6. The molecular weight excluding hydrogens is 688 g/mol. The molecule has 0 aliphatic rings. The number of aliphatic carboxylic acids is 1. The van der Waals surface area contributed by atoms with Crippen LogP contribution in [-0.2, 0) is 27.1 Å². The van der Waals surface area contributed by atoms with Gasteiger partial charge in [0.25, 0.3) is 0 Å². The van der Waals surface area contributed by atoms with Crippen LogP contribution in [-0.4, -0.2) is 67.6 Å². The third-order valence-corrected chi connectivity index (χ3v) is 8.20. The van der Waals surface area contributed by atoms with Crippen LogP contribution in [0.1, 0.15) is 64.5 Å². The van der Waals surface area contributed by atoms with E-state index in [1.165, 1.54) is 0 Å². The van der Waals surface area contributed by atoms with Gasteiger partial charge in [0, 0.05) is 52.6 Å². The topological polar surface area (TPSA) is 183 Å². The van der Waals surface area contributed by atoms with Crippen molar-refractivity contribution in [2.75, 3.05) is 7.11 Å². The third-order valence-electron chi connectivity index (χ3n) is 8.20. The van der Waals surface area contributed by atoms with Gasteiger partial charge in [-0.25, -0.2) is 19.4 Å². The number of ether oxygens (including phenoxy) is 3. The van der Waals surface area contributed by atoms with E-state index >= 15 is 0 Å². The summed E-state index contributed by atoms with van der Waals surface area (Å²) in [5, 5.41) is 16.8. The number of rotatable bonds is 10. The maximum atomic E-state index is 12.6. The maximum Gasteiger partial charge on any atom is 0.408 e. The number of carbonyl (C=O) groups is 3. The van der Waals surface area contributed by atoms with Gasteiger partial charge < -0.3 is 44.9 Å². The van der Waals surface area contributed by atoms with Gasteiger partial charge in [0.1, 0.15) is 28.8 Å². The lowest BCUT2D eigenvalue weighted by Crippen LogP contribution is -2.44. The van der Waals surface area contributed by atoms with Gasteiger partial charge in [0.15, 0.2) is 0 Å². The number of carboxylic acids is 1. The Morgan fingerprint density at radius 2 is 1.26 bits per heavy atom. The molecule has 3 aromatic carbocycles. The number of nitrogens with zero attached hydrogens (tertiary/aromatic N) is 1. The van der Waals surface area contributed by atoms with Crippen LogP contribution in [0, 0.1) is 0 Å².